The summed E-state index contributed by atoms with van der Waals surface area (Å²) in [5.41, 5.74) is 2.42. The molecule has 1 aliphatic rings. The Bertz CT molecular complexity index is 1200. The summed E-state index contributed by atoms with van der Waals surface area (Å²) in [5.74, 6) is 0.442. The van der Waals surface area contributed by atoms with Crippen LogP contribution in [-0.4, -0.2) is 45.4 Å². The molecular weight excluding hydrogens is 416 g/mol. The maximum absolute atomic E-state index is 12.9. The van der Waals surface area contributed by atoms with E-state index in [2.05, 4.69) is 5.32 Å². The number of carbonyl (C=O) groups is 1. The van der Waals surface area contributed by atoms with E-state index >= 15 is 0 Å². The number of amides is 1. The lowest BCUT2D eigenvalue weighted by molar-refractivity contribution is -0.116. The van der Waals surface area contributed by atoms with Crippen molar-refractivity contribution in [2.45, 2.75) is 4.90 Å². The summed E-state index contributed by atoms with van der Waals surface area (Å²) in [5, 5.41) is 2.82. The van der Waals surface area contributed by atoms with Crippen LogP contribution in [0, 0.1) is 0 Å². The van der Waals surface area contributed by atoms with Gasteiger partial charge in [-0.15, -0.1) is 0 Å². The quantitative estimate of drug-likeness (QED) is 0.638. The van der Waals surface area contributed by atoms with E-state index < -0.39 is 15.9 Å². The molecule has 0 atom stereocenters. The molecule has 0 fully saturated rings. The standard InChI is InChI=1S/C23H22N2O5S/c1-25(31(27,28)18-11-12-21-22(15-18)30-14-13-29-21)16-23(26)24-20-10-6-5-9-19(20)17-7-3-2-4-8-17/h2-12,15H,13-14,16H2,1H3,(H,24,26). The highest BCUT2D eigenvalue weighted by Gasteiger charge is 2.25. The normalized spacial score (nSPS) is 13.1. The van der Waals surface area contributed by atoms with E-state index in [-0.39, 0.29) is 11.4 Å². The van der Waals surface area contributed by atoms with E-state index in [1.165, 1.54) is 19.2 Å². The largest absolute Gasteiger partial charge is 0.486 e. The first kappa shape index (κ1) is 20.9. The number of hydrogen-bond donors (Lipinski definition) is 1. The number of sulfonamides is 1. The highest BCUT2D eigenvalue weighted by Crippen LogP contribution is 2.33. The van der Waals surface area contributed by atoms with Crippen LogP contribution in [0.3, 0.4) is 0 Å². The molecule has 1 N–H and O–H groups in total. The molecule has 0 aliphatic carbocycles. The molecule has 0 radical (unpaired) electrons. The third kappa shape index (κ3) is 4.55. The lowest BCUT2D eigenvalue weighted by Crippen LogP contribution is -2.35. The van der Waals surface area contributed by atoms with Gasteiger partial charge in [-0.25, -0.2) is 8.42 Å². The molecule has 3 aromatic rings. The minimum absolute atomic E-state index is 0.0386. The number of rotatable bonds is 6. The van der Waals surface area contributed by atoms with Crippen molar-refractivity contribution in [3.05, 3.63) is 72.8 Å². The molecule has 0 aromatic heterocycles. The van der Waals surface area contributed by atoms with E-state index in [0.717, 1.165) is 15.4 Å². The second kappa shape index (κ2) is 8.79. The number of hydrogen-bond acceptors (Lipinski definition) is 5. The number of para-hydroxylation sites is 1. The Morgan fingerprint density at radius 1 is 0.935 bits per heavy atom. The average Bonchev–Trinajstić information content (AvgIpc) is 2.79. The van der Waals surface area contributed by atoms with Crippen LogP contribution in [0.15, 0.2) is 77.7 Å². The number of nitrogens with zero attached hydrogens (tertiary/aromatic N) is 1. The highest BCUT2D eigenvalue weighted by atomic mass is 32.2. The Balaban J connectivity index is 1.49. The van der Waals surface area contributed by atoms with Crippen LogP contribution in [0.5, 0.6) is 11.5 Å². The van der Waals surface area contributed by atoms with Crippen molar-refractivity contribution < 1.29 is 22.7 Å². The summed E-state index contributed by atoms with van der Waals surface area (Å²) >= 11 is 0. The Morgan fingerprint density at radius 3 is 2.39 bits per heavy atom. The minimum Gasteiger partial charge on any atom is -0.486 e. The second-order valence-corrected chi connectivity index (χ2v) is 9.07. The molecule has 1 amide bonds. The van der Waals surface area contributed by atoms with Gasteiger partial charge in [-0.05, 0) is 23.8 Å². The molecule has 1 heterocycles. The van der Waals surface area contributed by atoms with Gasteiger partial charge in [0, 0.05) is 24.4 Å². The summed E-state index contributed by atoms with van der Waals surface area (Å²) < 4.78 is 37.8. The van der Waals surface area contributed by atoms with E-state index in [9.17, 15) is 13.2 Å². The van der Waals surface area contributed by atoms with Gasteiger partial charge in [-0.2, -0.15) is 4.31 Å². The van der Waals surface area contributed by atoms with Crippen LogP contribution in [0.2, 0.25) is 0 Å². The molecule has 7 nitrogen and oxygen atoms in total. The number of carbonyl (C=O) groups excluding carboxylic acids is 1. The fourth-order valence-electron chi connectivity index (χ4n) is 3.30. The zero-order valence-corrected chi connectivity index (χ0v) is 17.8. The minimum atomic E-state index is -3.89. The summed E-state index contributed by atoms with van der Waals surface area (Å²) in [6, 6.07) is 21.5. The molecule has 8 heteroatoms. The zero-order chi connectivity index (χ0) is 21.8. The Hall–Kier alpha value is -3.36. The molecule has 0 saturated heterocycles. The van der Waals surface area contributed by atoms with E-state index in [0.29, 0.717) is 30.4 Å². The third-order valence-electron chi connectivity index (χ3n) is 4.87. The first-order valence-electron chi connectivity index (χ1n) is 9.75. The van der Waals surface area contributed by atoms with Crippen molar-refractivity contribution in [3.63, 3.8) is 0 Å². The van der Waals surface area contributed by atoms with Gasteiger partial charge in [0.05, 0.1) is 11.4 Å². The van der Waals surface area contributed by atoms with Crippen LogP contribution in [0.4, 0.5) is 5.69 Å². The molecule has 0 bridgehead atoms. The lowest BCUT2D eigenvalue weighted by atomic mass is 10.0. The fourth-order valence-corrected chi connectivity index (χ4v) is 4.45. The highest BCUT2D eigenvalue weighted by molar-refractivity contribution is 7.89. The predicted molar refractivity (Wildman–Crippen MR) is 118 cm³/mol. The first-order chi connectivity index (χ1) is 14.9. The van der Waals surface area contributed by atoms with Gasteiger partial charge in [-0.3, -0.25) is 4.79 Å². The molecule has 4 rings (SSSR count). The van der Waals surface area contributed by atoms with Gasteiger partial charge in [0.25, 0.3) is 0 Å². The Labute approximate surface area is 181 Å². The summed E-state index contributed by atoms with van der Waals surface area (Å²) in [7, 11) is -2.52. The monoisotopic (exact) mass is 438 g/mol. The number of benzene rings is 3. The molecule has 1 aliphatic heterocycles. The molecular formula is C23H22N2O5S. The molecule has 31 heavy (non-hydrogen) atoms. The van der Waals surface area contributed by atoms with Crippen LogP contribution in [0.25, 0.3) is 11.1 Å². The Morgan fingerprint density at radius 2 is 1.61 bits per heavy atom. The first-order valence-corrected chi connectivity index (χ1v) is 11.2. The maximum atomic E-state index is 12.9. The number of fused-ring (bicyclic) bond motifs is 1. The molecule has 0 unspecified atom stereocenters. The van der Waals surface area contributed by atoms with Crippen LogP contribution in [-0.2, 0) is 14.8 Å². The SMILES string of the molecule is CN(CC(=O)Nc1ccccc1-c1ccccc1)S(=O)(=O)c1ccc2c(c1)OCCO2. The van der Waals surface area contributed by atoms with E-state index in [1.807, 2.05) is 48.5 Å². The zero-order valence-electron chi connectivity index (χ0n) is 16.9. The average molecular weight is 439 g/mol. The molecule has 0 spiro atoms. The van der Waals surface area contributed by atoms with Crippen molar-refractivity contribution in [2.24, 2.45) is 0 Å². The lowest BCUT2D eigenvalue weighted by Gasteiger charge is -2.21. The summed E-state index contributed by atoms with van der Waals surface area (Å²) in [4.78, 5) is 12.7. The van der Waals surface area contributed by atoms with Gasteiger partial charge in [0.1, 0.15) is 13.2 Å². The van der Waals surface area contributed by atoms with Gasteiger partial charge >= 0.3 is 0 Å². The van der Waals surface area contributed by atoms with E-state index in [1.54, 1.807) is 12.1 Å². The van der Waals surface area contributed by atoms with Crippen molar-refractivity contribution in [1.29, 1.82) is 0 Å². The number of anilines is 1. The molecule has 160 valence electrons. The Kier molecular flexibility index (Phi) is 5.92. The third-order valence-corrected chi connectivity index (χ3v) is 6.67. The maximum Gasteiger partial charge on any atom is 0.243 e. The van der Waals surface area contributed by atoms with Crippen molar-refractivity contribution in [3.8, 4) is 22.6 Å². The van der Waals surface area contributed by atoms with Gasteiger partial charge in [-0.1, -0.05) is 48.5 Å². The van der Waals surface area contributed by atoms with Crippen molar-refractivity contribution in [2.75, 3.05) is 32.1 Å². The topological polar surface area (TPSA) is 84.9 Å². The number of ether oxygens (including phenoxy) is 2. The van der Waals surface area contributed by atoms with Gasteiger partial charge in [0.2, 0.25) is 15.9 Å². The molecule has 0 saturated carbocycles. The van der Waals surface area contributed by atoms with E-state index in [4.69, 9.17) is 9.47 Å². The van der Waals surface area contributed by atoms with Crippen molar-refractivity contribution >= 4 is 21.6 Å². The molecule has 3 aromatic carbocycles. The van der Waals surface area contributed by atoms with Gasteiger partial charge < -0.3 is 14.8 Å². The van der Waals surface area contributed by atoms with Crippen molar-refractivity contribution in [1.82, 2.24) is 4.31 Å². The fraction of sp³-hybridized carbons (Fsp3) is 0.174. The van der Waals surface area contributed by atoms with Crippen LogP contribution >= 0.6 is 0 Å². The summed E-state index contributed by atoms with van der Waals surface area (Å²) in [6.07, 6.45) is 0. The smallest absolute Gasteiger partial charge is 0.243 e. The number of likely N-dealkylation sites (N-methyl/N-ethyl adjacent to an activating group) is 1. The summed E-state index contributed by atoms with van der Waals surface area (Å²) in [6.45, 7) is 0.444. The number of nitrogens with one attached hydrogen (secondary N) is 1. The predicted octanol–water partition coefficient (Wildman–Crippen LogP) is 3.38. The van der Waals surface area contributed by atoms with Crippen LogP contribution < -0.4 is 14.8 Å². The van der Waals surface area contributed by atoms with Gasteiger partial charge in [0.15, 0.2) is 11.5 Å². The van der Waals surface area contributed by atoms with Crippen LogP contribution in [0.1, 0.15) is 0 Å². The second-order valence-electron chi connectivity index (χ2n) is 7.03.